The highest BCUT2D eigenvalue weighted by atomic mass is 32.2. The fourth-order valence-electron chi connectivity index (χ4n) is 3.53. The van der Waals surface area contributed by atoms with Gasteiger partial charge in [-0.05, 0) is 43.5 Å². The quantitative estimate of drug-likeness (QED) is 0.506. The van der Waals surface area contributed by atoms with Crippen molar-refractivity contribution in [3.63, 3.8) is 0 Å². The molecule has 158 valence electrons. The molecular formula is C20H35N5O2S. The summed E-state index contributed by atoms with van der Waals surface area (Å²) in [5.41, 5.74) is 1.00. The summed E-state index contributed by atoms with van der Waals surface area (Å²) >= 11 is 0. The van der Waals surface area contributed by atoms with Gasteiger partial charge in [-0.2, -0.15) is 0 Å². The highest BCUT2D eigenvalue weighted by Crippen LogP contribution is 2.18. The number of aliphatic imine (C=N–C) groups is 1. The Bertz CT molecular complexity index is 731. The van der Waals surface area contributed by atoms with Crippen molar-refractivity contribution in [3.8, 4) is 0 Å². The first kappa shape index (κ1) is 22.6. The van der Waals surface area contributed by atoms with Crippen LogP contribution in [0.3, 0.4) is 0 Å². The molecule has 1 heterocycles. The fourth-order valence-corrected chi connectivity index (χ4v) is 4.43. The molecule has 0 bridgehead atoms. The second kappa shape index (κ2) is 10.8. The average Bonchev–Trinajstić information content (AvgIpc) is 2.71. The number of likely N-dealkylation sites (tertiary alicyclic amines) is 1. The fraction of sp³-hybridized carbons (Fsp3) is 0.650. The van der Waals surface area contributed by atoms with E-state index in [2.05, 4.69) is 27.4 Å². The van der Waals surface area contributed by atoms with Gasteiger partial charge in [0.25, 0.3) is 0 Å². The summed E-state index contributed by atoms with van der Waals surface area (Å²) < 4.78 is 25.5. The monoisotopic (exact) mass is 409 g/mol. The van der Waals surface area contributed by atoms with Crippen LogP contribution < -0.4 is 10.6 Å². The third-order valence-electron chi connectivity index (χ3n) is 5.30. The van der Waals surface area contributed by atoms with Crippen LogP contribution in [0.4, 0.5) is 0 Å². The highest BCUT2D eigenvalue weighted by molar-refractivity contribution is 7.89. The molecule has 2 rings (SSSR count). The van der Waals surface area contributed by atoms with E-state index < -0.39 is 10.0 Å². The van der Waals surface area contributed by atoms with Crippen LogP contribution in [0.25, 0.3) is 0 Å². The van der Waals surface area contributed by atoms with Gasteiger partial charge in [0.1, 0.15) is 0 Å². The molecule has 28 heavy (non-hydrogen) atoms. The molecule has 0 aromatic heterocycles. The molecule has 1 fully saturated rings. The number of hydrogen-bond donors (Lipinski definition) is 2. The first-order chi connectivity index (χ1) is 13.4. The maximum atomic E-state index is 12.1. The maximum Gasteiger partial charge on any atom is 0.242 e. The summed E-state index contributed by atoms with van der Waals surface area (Å²) in [5.74, 6) is 0.759. The Hall–Kier alpha value is -1.64. The Morgan fingerprint density at radius 1 is 1.21 bits per heavy atom. The smallest absolute Gasteiger partial charge is 0.242 e. The molecular weight excluding hydrogens is 374 g/mol. The van der Waals surface area contributed by atoms with Gasteiger partial charge in [0, 0.05) is 46.8 Å². The highest BCUT2D eigenvalue weighted by Gasteiger charge is 2.20. The average molecular weight is 410 g/mol. The Labute approximate surface area is 170 Å². The lowest BCUT2D eigenvalue weighted by Gasteiger charge is -2.35. The molecule has 1 aliphatic rings. The van der Waals surface area contributed by atoms with E-state index >= 15 is 0 Å². The zero-order valence-corrected chi connectivity index (χ0v) is 18.4. The van der Waals surface area contributed by atoms with Crippen molar-refractivity contribution in [2.24, 2.45) is 4.99 Å². The first-order valence-corrected chi connectivity index (χ1v) is 11.5. The van der Waals surface area contributed by atoms with Crippen LogP contribution in [-0.4, -0.2) is 70.4 Å². The number of nitrogens with one attached hydrogen (secondary N) is 2. The van der Waals surface area contributed by atoms with Crippen LogP contribution in [0.2, 0.25) is 0 Å². The van der Waals surface area contributed by atoms with Crippen molar-refractivity contribution in [2.45, 2.75) is 50.1 Å². The minimum absolute atomic E-state index is 0.302. The van der Waals surface area contributed by atoms with Gasteiger partial charge in [0.15, 0.2) is 5.96 Å². The number of benzene rings is 1. The SMILES string of the molecule is CCC1CCCCN1CCNC(=NC)NCc1ccc(S(=O)(=O)N(C)C)cc1. The molecule has 1 saturated heterocycles. The van der Waals surface area contributed by atoms with E-state index in [4.69, 9.17) is 0 Å². The molecule has 0 aliphatic carbocycles. The molecule has 0 amide bonds. The van der Waals surface area contributed by atoms with Crippen LogP contribution in [0.5, 0.6) is 0 Å². The van der Waals surface area contributed by atoms with E-state index in [1.807, 2.05) is 12.1 Å². The topological polar surface area (TPSA) is 77.0 Å². The van der Waals surface area contributed by atoms with Crippen molar-refractivity contribution >= 4 is 16.0 Å². The Morgan fingerprint density at radius 2 is 1.93 bits per heavy atom. The molecule has 1 atom stereocenters. The maximum absolute atomic E-state index is 12.1. The standard InChI is InChI=1S/C20H35N5O2S/c1-5-18-8-6-7-14-25(18)15-13-22-20(21-2)23-16-17-9-11-19(12-10-17)28(26,27)24(3)4/h9-12,18H,5-8,13-16H2,1-4H3,(H2,21,22,23). The molecule has 0 spiro atoms. The number of sulfonamides is 1. The van der Waals surface area contributed by atoms with Gasteiger partial charge in [-0.25, -0.2) is 12.7 Å². The molecule has 7 nitrogen and oxygen atoms in total. The van der Waals surface area contributed by atoms with E-state index in [0.29, 0.717) is 17.5 Å². The minimum Gasteiger partial charge on any atom is -0.355 e. The second-order valence-electron chi connectivity index (χ2n) is 7.38. The van der Waals surface area contributed by atoms with E-state index in [1.165, 1.54) is 50.6 Å². The summed E-state index contributed by atoms with van der Waals surface area (Å²) in [6.45, 7) is 5.93. The second-order valence-corrected chi connectivity index (χ2v) is 9.53. The van der Waals surface area contributed by atoms with Gasteiger partial charge in [0.05, 0.1) is 4.90 Å². The lowest BCUT2D eigenvalue weighted by molar-refractivity contribution is 0.147. The lowest BCUT2D eigenvalue weighted by atomic mass is 10.0. The third-order valence-corrected chi connectivity index (χ3v) is 7.13. The summed E-state index contributed by atoms with van der Waals surface area (Å²) in [6.07, 6.45) is 5.17. The van der Waals surface area contributed by atoms with Gasteiger partial charge in [0.2, 0.25) is 10.0 Å². The summed E-state index contributed by atoms with van der Waals surface area (Å²) in [6, 6.07) is 7.66. The van der Waals surface area contributed by atoms with Crippen molar-refractivity contribution in [1.82, 2.24) is 19.8 Å². The van der Waals surface area contributed by atoms with Gasteiger partial charge in [-0.3, -0.25) is 9.89 Å². The molecule has 8 heteroatoms. The summed E-state index contributed by atoms with van der Waals surface area (Å²) in [5, 5.41) is 6.67. The van der Waals surface area contributed by atoms with E-state index in [9.17, 15) is 8.42 Å². The molecule has 1 aliphatic heterocycles. The van der Waals surface area contributed by atoms with E-state index in [1.54, 1.807) is 19.2 Å². The number of guanidine groups is 1. The number of rotatable bonds is 8. The molecule has 1 unspecified atom stereocenters. The van der Waals surface area contributed by atoms with Gasteiger partial charge >= 0.3 is 0 Å². The number of hydrogen-bond acceptors (Lipinski definition) is 4. The number of nitrogens with zero attached hydrogens (tertiary/aromatic N) is 3. The summed E-state index contributed by atoms with van der Waals surface area (Å²) in [4.78, 5) is 7.16. The van der Waals surface area contributed by atoms with Gasteiger partial charge in [-0.1, -0.05) is 25.5 Å². The Kier molecular flexibility index (Phi) is 8.72. The first-order valence-electron chi connectivity index (χ1n) is 10.1. The van der Waals surface area contributed by atoms with Crippen LogP contribution in [0.15, 0.2) is 34.2 Å². The summed E-state index contributed by atoms with van der Waals surface area (Å²) in [7, 11) is 1.44. The van der Waals surface area contributed by atoms with Crippen molar-refractivity contribution in [3.05, 3.63) is 29.8 Å². The molecule has 2 N–H and O–H groups in total. The van der Waals surface area contributed by atoms with Crippen molar-refractivity contribution in [1.29, 1.82) is 0 Å². The largest absolute Gasteiger partial charge is 0.355 e. The third kappa shape index (κ3) is 6.18. The molecule has 1 aromatic rings. The Balaban J connectivity index is 1.80. The van der Waals surface area contributed by atoms with E-state index in [-0.39, 0.29) is 0 Å². The van der Waals surface area contributed by atoms with Gasteiger partial charge < -0.3 is 10.6 Å². The zero-order chi connectivity index (χ0) is 20.6. The normalized spacial score (nSPS) is 19.0. The van der Waals surface area contributed by atoms with Crippen LogP contribution in [0, 0.1) is 0 Å². The number of piperidine rings is 1. The van der Waals surface area contributed by atoms with Crippen LogP contribution in [-0.2, 0) is 16.6 Å². The van der Waals surface area contributed by atoms with Crippen LogP contribution >= 0.6 is 0 Å². The van der Waals surface area contributed by atoms with Crippen molar-refractivity contribution < 1.29 is 8.42 Å². The van der Waals surface area contributed by atoms with E-state index in [0.717, 1.165) is 24.6 Å². The predicted molar refractivity (Wildman–Crippen MR) is 115 cm³/mol. The van der Waals surface area contributed by atoms with Crippen molar-refractivity contribution in [2.75, 3.05) is 40.8 Å². The van der Waals surface area contributed by atoms with Gasteiger partial charge in [-0.15, -0.1) is 0 Å². The molecule has 0 radical (unpaired) electrons. The predicted octanol–water partition coefficient (Wildman–Crippen LogP) is 1.87. The molecule has 1 aromatic carbocycles. The Morgan fingerprint density at radius 3 is 2.54 bits per heavy atom. The minimum atomic E-state index is -3.39. The molecule has 0 saturated carbocycles. The zero-order valence-electron chi connectivity index (χ0n) is 17.6. The van der Waals surface area contributed by atoms with Crippen LogP contribution in [0.1, 0.15) is 38.2 Å². The lowest BCUT2D eigenvalue weighted by Crippen LogP contribution is -2.45.